The van der Waals surface area contributed by atoms with Crippen molar-refractivity contribution in [3.05, 3.63) is 70.3 Å². The highest BCUT2D eigenvalue weighted by atomic mass is 32.2. The first-order chi connectivity index (χ1) is 12.1. The minimum Gasteiger partial charge on any atom is -0.423 e. The van der Waals surface area contributed by atoms with E-state index < -0.39 is 44.3 Å². The smallest absolute Gasteiger partial charge is 0.417 e. The molecule has 0 unspecified atom stereocenters. The van der Waals surface area contributed by atoms with E-state index in [0.717, 1.165) is 42.5 Å². The standard InChI is InChI=1S/C16H8F4O5S/c17-9-1-4-11(5-2-9)26(22,23)25-10-3-6-12-13(16(18,19)20)8-15(21)24-14(12)7-10/h1-8H. The third kappa shape index (κ3) is 3.54. The fraction of sp³-hybridized carbons (Fsp3) is 0.0625. The van der Waals surface area contributed by atoms with Gasteiger partial charge in [-0.05, 0) is 36.4 Å². The predicted octanol–water partition coefficient (Wildman–Crippen LogP) is 3.72. The van der Waals surface area contributed by atoms with Crippen LogP contribution in [0.5, 0.6) is 5.75 Å². The summed E-state index contributed by atoms with van der Waals surface area (Å²) >= 11 is 0. The minimum absolute atomic E-state index is 0.304. The van der Waals surface area contributed by atoms with Gasteiger partial charge in [0.15, 0.2) is 0 Å². The highest BCUT2D eigenvalue weighted by Crippen LogP contribution is 2.35. The van der Waals surface area contributed by atoms with E-state index in [9.17, 15) is 30.8 Å². The molecule has 0 aliphatic carbocycles. The second-order valence-electron chi connectivity index (χ2n) is 5.13. The molecule has 1 aromatic heterocycles. The van der Waals surface area contributed by atoms with Crippen LogP contribution in [0.4, 0.5) is 17.6 Å². The summed E-state index contributed by atoms with van der Waals surface area (Å²) in [7, 11) is -4.36. The highest BCUT2D eigenvalue weighted by Gasteiger charge is 2.34. The Bertz CT molecular complexity index is 1130. The van der Waals surface area contributed by atoms with Crippen LogP contribution in [-0.2, 0) is 16.3 Å². The van der Waals surface area contributed by atoms with Crippen molar-refractivity contribution in [2.75, 3.05) is 0 Å². The molecule has 0 saturated heterocycles. The minimum atomic E-state index is -4.79. The topological polar surface area (TPSA) is 73.6 Å². The Hall–Kier alpha value is -2.88. The van der Waals surface area contributed by atoms with Gasteiger partial charge < -0.3 is 8.60 Å². The SMILES string of the molecule is O=c1cc(C(F)(F)F)c2ccc(OS(=O)(=O)c3ccc(F)cc3)cc2o1. The largest absolute Gasteiger partial charge is 0.423 e. The Morgan fingerprint density at radius 2 is 1.62 bits per heavy atom. The first kappa shape index (κ1) is 17.9. The van der Waals surface area contributed by atoms with E-state index in [1.54, 1.807) is 0 Å². The van der Waals surface area contributed by atoms with Gasteiger partial charge in [-0.3, -0.25) is 0 Å². The Morgan fingerprint density at radius 3 is 2.23 bits per heavy atom. The molecule has 0 bridgehead atoms. The molecule has 0 aliphatic heterocycles. The monoisotopic (exact) mass is 388 g/mol. The molecule has 3 aromatic rings. The third-order valence-electron chi connectivity index (χ3n) is 3.33. The van der Waals surface area contributed by atoms with E-state index in [-0.39, 0.29) is 10.6 Å². The molecule has 0 amide bonds. The van der Waals surface area contributed by atoms with Crippen LogP contribution in [0.3, 0.4) is 0 Å². The molecule has 5 nitrogen and oxygen atoms in total. The molecule has 0 spiro atoms. The summed E-state index contributed by atoms with van der Waals surface area (Å²) in [6.45, 7) is 0. The van der Waals surface area contributed by atoms with Gasteiger partial charge in [0.1, 0.15) is 22.0 Å². The Morgan fingerprint density at radius 1 is 0.962 bits per heavy atom. The zero-order chi connectivity index (χ0) is 19.1. The van der Waals surface area contributed by atoms with Crippen molar-refractivity contribution in [1.29, 1.82) is 0 Å². The van der Waals surface area contributed by atoms with Crippen LogP contribution in [0.1, 0.15) is 5.56 Å². The van der Waals surface area contributed by atoms with Gasteiger partial charge in [0.2, 0.25) is 0 Å². The van der Waals surface area contributed by atoms with Gasteiger partial charge in [-0.15, -0.1) is 0 Å². The molecule has 0 N–H and O–H groups in total. The molecular formula is C16H8F4O5S. The van der Waals surface area contributed by atoms with Crippen LogP contribution >= 0.6 is 0 Å². The maximum Gasteiger partial charge on any atom is 0.417 e. The molecule has 1 heterocycles. The third-order valence-corrected chi connectivity index (χ3v) is 4.59. The average Bonchev–Trinajstić information content (AvgIpc) is 2.53. The van der Waals surface area contributed by atoms with Gasteiger partial charge in [0, 0.05) is 17.5 Å². The maximum absolute atomic E-state index is 13.0. The van der Waals surface area contributed by atoms with Crippen LogP contribution in [0.2, 0.25) is 0 Å². The molecule has 3 rings (SSSR count). The van der Waals surface area contributed by atoms with Crippen LogP contribution < -0.4 is 9.81 Å². The van der Waals surface area contributed by atoms with E-state index >= 15 is 0 Å². The maximum atomic E-state index is 13.0. The second kappa shape index (κ2) is 6.13. The predicted molar refractivity (Wildman–Crippen MR) is 81.7 cm³/mol. The Labute approximate surface area is 143 Å². The second-order valence-corrected chi connectivity index (χ2v) is 6.67. The van der Waals surface area contributed by atoms with Crippen LogP contribution in [-0.4, -0.2) is 8.42 Å². The van der Waals surface area contributed by atoms with Crippen molar-refractivity contribution in [3.8, 4) is 5.75 Å². The van der Waals surface area contributed by atoms with Crippen molar-refractivity contribution >= 4 is 21.1 Å². The molecule has 0 fully saturated rings. The molecule has 136 valence electrons. The van der Waals surface area contributed by atoms with Gasteiger partial charge in [-0.25, -0.2) is 9.18 Å². The quantitative estimate of drug-likeness (QED) is 0.388. The lowest BCUT2D eigenvalue weighted by Gasteiger charge is -2.11. The first-order valence-electron chi connectivity index (χ1n) is 6.91. The number of rotatable bonds is 3. The summed E-state index contributed by atoms with van der Waals surface area (Å²) in [5, 5.41) is -0.427. The van der Waals surface area contributed by atoms with Gasteiger partial charge in [-0.1, -0.05) is 0 Å². The number of alkyl halides is 3. The van der Waals surface area contributed by atoms with E-state index in [4.69, 9.17) is 8.60 Å². The number of benzene rings is 2. The van der Waals surface area contributed by atoms with Crippen molar-refractivity contribution in [1.82, 2.24) is 0 Å². The van der Waals surface area contributed by atoms with Crippen LogP contribution in [0.25, 0.3) is 11.0 Å². The molecule has 10 heteroatoms. The van der Waals surface area contributed by atoms with Crippen molar-refractivity contribution in [2.45, 2.75) is 11.1 Å². The summed E-state index contributed by atoms with van der Waals surface area (Å²) in [5.41, 5.74) is -2.95. The van der Waals surface area contributed by atoms with Crippen LogP contribution in [0, 0.1) is 5.82 Å². The Balaban J connectivity index is 2.05. The van der Waals surface area contributed by atoms with Gasteiger partial charge in [0.25, 0.3) is 0 Å². The number of halogens is 4. The number of hydrogen-bond donors (Lipinski definition) is 0. The lowest BCUT2D eigenvalue weighted by atomic mass is 10.1. The molecule has 0 aliphatic rings. The summed E-state index contributed by atoms with van der Waals surface area (Å²) in [5.74, 6) is -1.03. The lowest BCUT2D eigenvalue weighted by molar-refractivity contribution is -0.136. The fourth-order valence-corrected chi connectivity index (χ4v) is 3.13. The van der Waals surface area contributed by atoms with E-state index in [1.165, 1.54) is 0 Å². The van der Waals surface area contributed by atoms with Crippen molar-refractivity contribution < 1.29 is 34.6 Å². The normalized spacial score (nSPS) is 12.3. The highest BCUT2D eigenvalue weighted by molar-refractivity contribution is 7.87. The molecule has 26 heavy (non-hydrogen) atoms. The van der Waals surface area contributed by atoms with Crippen molar-refractivity contribution in [2.24, 2.45) is 0 Å². The van der Waals surface area contributed by atoms with Crippen LogP contribution in [0.15, 0.2) is 62.6 Å². The van der Waals surface area contributed by atoms with Crippen molar-refractivity contribution in [3.63, 3.8) is 0 Å². The summed E-state index contributed by atoms with van der Waals surface area (Å²) < 4.78 is 85.6. The summed E-state index contributed by atoms with van der Waals surface area (Å²) in [4.78, 5) is 11.0. The summed E-state index contributed by atoms with van der Waals surface area (Å²) in [6.07, 6.45) is -4.79. The zero-order valence-electron chi connectivity index (χ0n) is 12.6. The Kier molecular flexibility index (Phi) is 4.23. The fourth-order valence-electron chi connectivity index (χ4n) is 2.21. The summed E-state index contributed by atoms with van der Waals surface area (Å²) in [6, 6.07) is 6.82. The van der Waals surface area contributed by atoms with Gasteiger partial charge in [-0.2, -0.15) is 21.6 Å². The molecule has 0 atom stereocenters. The van der Waals surface area contributed by atoms with E-state index in [0.29, 0.717) is 6.07 Å². The van der Waals surface area contributed by atoms with Gasteiger partial charge >= 0.3 is 21.9 Å². The number of hydrogen-bond acceptors (Lipinski definition) is 5. The lowest BCUT2D eigenvalue weighted by Crippen LogP contribution is -2.12. The zero-order valence-corrected chi connectivity index (χ0v) is 13.4. The van der Waals surface area contributed by atoms with E-state index in [1.807, 2.05) is 0 Å². The van der Waals surface area contributed by atoms with Gasteiger partial charge in [0.05, 0.1) is 5.56 Å². The van der Waals surface area contributed by atoms with E-state index in [2.05, 4.69) is 0 Å². The molecule has 0 saturated carbocycles. The molecule has 2 aromatic carbocycles. The molecular weight excluding hydrogens is 380 g/mol. The average molecular weight is 388 g/mol. The molecule has 0 radical (unpaired) electrons. The first-order valence-corrected chi connectivity index (χ1v) is 8.32. The number of fused-ring (bicyclic) bond motifs is 1.